The fourth-order valence-corrected chi connectivity index (χ4v) is 6.33. The number of rotatable bonds is 17. The monoisotopic (exact) mass is 594 g/mol. The van der Waals surface area contributed by atoms with Crippen LogP contribution in [-0.2, 0) is 23.7 Å². The Kier molecular flexibility index (Phi) is 12.6. The number of likely N-dealkylation sites (tertiary alicyclic amines) is 1. The minimum absolute atomic E-state index is 0.235. The molecule has 0 spiro atoms. The molecule has 3 saturated heterocycles. The van der Waals surface area contributed by atoms with Gasteiger partial charge in [0.05, 0.1) is 0 Å². The van der Waals surface area contributed by atoms with E-state index >= 15 is 0 Å². The number of hydrogen-bond acceptors (Lipinski definition) is 7. The third-order valence-corrected chi connectivity index (χ3v) is 8.47. The Balaban J connectivity index is 1.35. The molecule has 9 heteroatoms. The number of fused-ring (bicyclic) bond motifs is 1. The quantitative estimate of drug-likeness (QED) is 0.187. The Bertz CT molecular complexity index is 925. The molecule has 0 saturated carbocycles. The van der Waals surface area contributed by atoms with E-state index in [9.17, 15) is 4.79 Å². The molecule has 3 heterocycles. The van der Waals surface area contributed by atoms with Crippen molar-refractivity contribution in [1.29, 1.82) is 0 Å². The lowest BCUT2D eigenvalue weighted by atomic mass is 10.0. The summed E-state index contributed by atoms with van der Waals surface area (Å²) in [5, 5.41) is 3.41. The van der Waals surface area contributed by atoms with Crippen molar-refractivity contribution in [2.75, 3.05) is 38.2 Å². The zero-order valence-electron chi connectivity index (χ0n) is 25.3. The molecule has 3 aliphatic rings. The second-order valence-corrected chi connectivity index (χ2v) is 12.7. The van der Waals surface area contributed by atoms with Gasteiger partial charge in [0.2, 0.25) is 5.79 Å². The van der Waals surface area contributed by atoms with Crippen molar-refractivity contribution in [1.82, 2.24) is 4.90 Å². The predicted octanol–water partition coefficient (Wildman–Crippen LogP) is 7.54. The number of carbonyl (C=O) groups excluding carboxylic acids is 1. The smallest absolute Gasteiger partial charge is 0.412 e. The molecule has 8 nitrogen and oxygen atoms in total. The number of nitrogens with one attached hydrogen (secondary N) is 1. The number of halogens is 1. The molecular weight excluding hydrogens is 544 g/mol. The first-order valence-electron chi connectivity index (χ1n) is 15.9. The highest BCUT2D eigenvalue weighted by Gasteiger charge is 2.66. The Morgan fingerprint density at radius 2 is 1.68 bits per heavy atom. The summed E-state index contributed by atoms with van der Waals surface area (Å²) < 4.78 is 31.5. The van der Waals surface area contributed by atoms with Crippen LogP contribution in [-0.4, -0.2) is 73.7 Å². The first-order valence-corrected chi connectivity index (χ1v) is 16.3. The fourth-order valence-electron chi connectivity index (χ4n) is 6.21. The Hall–Kier alpha value is -1.42. The topological polar surface area (TPSA) is 78.5 Å². The van der Waals surface area contributed by atoms with Crippen molar-refractivity contribution in [2.24, 2.45) is 0 Å². The highest BCUT2D eigenvalue weighted by atomic mass is 35.5. The van der Waals surface area contributed by atoms with Crippen LogP contribution in [0.5, 0.6) is 0 Å². The normalized spacial score (nSPS) is 27.3. The van der Waals surface area contributed by atoms with Gasteiger partial charge in [-0.2, -0.15) is 0 Å². The van der Waals surface area contributed by atoms with Crippen LogP contribution in [0.25, 0.3) is 0 Å². The van der Waals surface area contributed by atoms with E-state index in [1.807, 2.05) is 13.8 Å². The summed E-state index contributed by atoms with van der Waals surface area (Å²) in [7, 11) is 0. The molecule has 232 valence electrons. The number of carbonyl (C=O) groups is 1. The maximum absolute atomic E-state index is 13.0. The van der Waals surface area contributed by atoms with E-state index in [-0.39, 0.29) is 12.7 Å². The lowest BCUT2D eigenvalue weighted by Gasteiger charge is -2.29. The van der Waals surface area contributed by atoms with Gasteiger partial charge in [0.15, 0.2) is 18.0 Å². The van der Waals surface area contributed by atoms with Crippen LogP contribution >= 0.6 is 11.6 Å². The number of anilines is 1. The lowest BCUT2D eigenvalue weighted by Crippen LogP contribution is -2.46. The molecule has 1 amide bonds. The molecule has 1 aromatic rings. The van der Waals surface area contributed by atoms with Crippen LogP contribution in [0, 0.1) is 0 Å². The SMILES string of the molecule is CCCCCCCCCCOC[C@@]12O[C@@H](CCCN3CCCC3)[C@@H](OC(=O)Nc3ccc(Cl)cc3)[C@@H]1OC(C)(C)O2. The van der Waals surface area contributed by atoms with Crippen molar-refractivity contribution in [3.05, 3.63) is 29.3 Å². The van der Waals surface area contributed by atoms with Gasteiger partial charge in [0.1, 0.15) is 12.7 Å². The van der Waals surface area contributed by atoms with Crippen LogP contribution in [0.4, 0.5) is 10.5 Å². The summed E-state index contributed by atoms with van der Waals surface area (Å²) in [4.78, 5) is 15.5. The second kappa shape index (κ2) is 15.9. The fraction of sp³-hybridized carbons (Fsp3) is 0.781. The molecule has 1 aromatic carbocycles. The average molecular weight is 595 g/mol. The van der Waals surface area contributed by atoms with E-state index in [2.05, 4.69) is 17.1 Å². The van der Waals surface area contributed by atoms with Crippen molar-refractivity contribution in [3.63, 3.8) is 0 Å². The van der Waals surface area contributed by atoms with E-state index < -0.39 is 29.9 Å². The second-order valence-electron chi connectivity index (χ2n) is 12.2. The first kappa shape index (κ1) is 32.5. The Labute approximate surface area is 251 Å². The largest absolute Gasteiger partial charge is 0.440 e. The summed E-state index contributed by atoms with van der Waals surface area (Å²) in [6.45, 7) is 10.1. The molecule has 4 atom stereocenters. The summed E-state index contributed by atoms with van der Waals surface area (Å²) in [6.07, 6.45) is 12.0. The number of nitrogens with zero attached hydrogens (tertiary/aromatic N) is 1. The minimum Gasteiger partial charge on any atom is -0.440 e. The standard InChI is InChI=1S/C32H51ClN2O6/c1-4-5-6-7-8-9-10-13-23-37-24-32-29(40-31(2,3)41-32)28(27(39-32)15-14-22-35-20-11-12-21-35)38-30(36)34-26-18-16-25(33)17-19-26/h16-19,27-29H,4-15,20-24H2,1-3H3,(H,34,36)/t27-,28+,29-,32-/m0/s1. The number of hydrogen-bond donors (Lipinski definition) is 1. The molecule has 0 radical (unpaired) electrons. The average Bonchev–Trinajstić information content (AvgIpc) is 3.60. The summed E-state index contributed by atoms with van der Waals surface area (Å²) in [5.41, 5.74) is 0.604. The van der Waals surface area contributed by atoms with E-state index in [4.69, 9.17) is 35.3 Å². The van der Waals surface area contributed by atoms with E-state index in [1.54, 1.807) is 24.3 Å². The third-order valence-electron chi connectivity index (χ3n) is 8.22. The molecule has 3 fully saturated rings. The zero-order valence-corrected chi connectivity index (χ0v) is 26.1. The summed E-state index contributed by atoms with van der Waals surface area (Å²) in [6, 6.07) is 6.93. The molecule has 0 aromatic heterocycles. The number of benzene rings is 1. The minimum atomic E-state index is -1.12. The third kappa shape index (κ3) is 9.80. The molecule has 0 bridgehead atoms. The van der Waals surface area contributed by atoms with E-state index in [0.29, 0.717) is 17.3 Å². The van der Waals surface area contributed by atoms with Crippen LogP contribution in [0.3, 0.4) is 0 Å². The van der Waals surface area contributed by atoms with Gasteiger partial charge in [0.25, 0.3) is 0 Å². The molecule has 4 rings (SSSR count). The molecule has 1 N–H and O–H groups in total. The molecule has 3 aliphatic heterocycles. The van der Waals surface area contributed by atoms with Gasteiger partial charge in [-0.3, -0.25) is 5.32 Å². The van der Waals surface area contributed by atoms with E-state index in [0.717, 1.165) is 45.3 Å². The van der Waals surface area contributed by atoms with Gasteiger partial charge in [-0.25, -0.2) is 4.79 Å². The Morgan fingerprint density at radius 1 is 1.00 bits per heavy atom. The van der Waals surface area contributed by atoms with Crippen molar-refractivity contribution in [2.45, 2.75) is 128 Å². The van der Waals surface area contributed by atoms with Gasteiger partial charge in [-0.1, -0.05) is 63.5 Å². The molecule has 0 aliphatic carbocycles. The maximum atomic E-state index is 13.0. The van der Waals surface area contributed by atoms with Crippen LogP contribution < -0.4 is 5.32 Å². The van der Waals surface area contributed by atoms with Gasteiger partial charge in [-0.15, -0.1) is 0 Å². The zero-order chi connectivity index (χ0) is 29.1. The van der Waals surface area contributed by atoms with E-state index in [1.165, 1.54) is 51.4 Å². The van der Waals surface area contributed by atoms with Gasteiger partial charge >= 0.3 is 6.09 Å². The number of amides is 1. The van der Waals surface area contributed by atoms with Gasteiger partial charge < -0.3 is 28.6 Å². The lowest BCUT2D eigenvalue weighted by molar-refractivity contribution is -0.278. The maximum Gasteiger partial charge on any atom is 0.412 e. The molecule has 0 unspecified atom stereocenters. The molecular formula is C32H51ClN2O6. The van der Waals surface area contributed by atoms with Crippen LogP contribution in [0.15, 0.2) is 24.3 Å². The Morgan fingerprint density at radius 3 is 2.39 bits per heavy atom. The highest BCUT2D eigenvalue weighted by molar-refractivity contribution is 6.30. The summed E-state index contributed by atoms with van der Waals surface area (Å²) >= 11 is 6.00. The summed E-state index contributed by atoms with van der Waals surface area (Å²) in [5.74, 6) is -2.01. The van der Waals surface area contributed by atoms with Crippen molar-refractivity contribution in [3.8, 4) is 0 Å². The van der Waals surface area contributed by atoms with Gasteiger partial charge in [0, 0.05) is 17.3 Å². The molecule has 41 heavy (non-hydrogen) atoms. The van der Waals surface area contributed by atoms with Crippen molar-refractivity contribution >= 4 is 23.4 Å². The van der Waals surface area contributed by atoms with Crippen LogP contribution in [0.1, 0.15) is 97.8 Å². The number of ether oxygens (including phenoxy) is 5. The van der Waals surface area contributed by atoms with Gasteiger partial charge in [-0.05, 0) is 89.9 Å². The van der Waals surface area contributed by atoms with Crippen molar-refractivity contribution < 1.29 is 28.5 Å². The number of unbranched alkanes of at least 4 members (excludes halogenated alkanes) is 7. The first-order chi connectivity index (χ1) is 19.8. The predicted molar refractivity (Wildman–Crippen MR) is 161 cm³/mol. The van der Waals surface area contributed by atoms with Crippen LogP contribution in [0.2, 0.25) is 5.02 Å². The highest BCUT2D eigenvalue weighted by Crippen LogP contribution is 2.47.